The summed E-state index contributed by atoms with van der Waals surface area (Å²) in [6.45, 7) is 6.91. The minimum atomic E-state index is 0.250. The predicted molar refractivity (Wildman–Crippen MR) is 63.7 cm³/mol. The fourth-order valence-electron chi connectivity index (χ4n) is 2.43. The zero-order valence-corrected chi connectivity index (χ0v) is 10.5. The van der Waals surface area contributed by atoms with Crippen molar-refractivity contribution < 1.29 is 4.79 Å². The van der Waals surface area contributed by atoms with E-state index >= 15 is 0 Å². The molecule has 0 N–H and O–H groups in total. The molecule has 0 aromatic heterocycles. The van der Waals surface area contributed by atoms with Crippen LogP contribution in [-0.4, -0.2) is 59.3 Å². The van der Waals surface area contributed by atoms with E-state index in [-0.39, 0.29) is 6.03 Å². The fourth-order valence-corrected chi connectivity index (χ4v) is 2.73. The topological polar surface area (TPSA) is 26.8 Å². The molecule has 2 aliphatic rings. The molecule has 0 saturated carbocycles. The maximum absolute atomic E-state index is 12.0. The predicted octanol–water partition coefficient (Wildman–Crippen LogP) is 0.998. The highest BCUT2D eigenvalue weighted by molar-refractivity contribution is 7.13. The Labute approximate surface area is 93.8 Å². The normalized spacial score (nSPS) is 25.3. The lowest BCUT2D eigenvalue weighted by molar-refractivity contribution is 0.157. The van der Waals surface area contributed by atoms with Crippen molar-refractivity contribution in [1.29, 1.82) is 0 Å². The van der Waals surface area contributed by atoms with E-state index in [1.165, 1.54) is 0 Å². The van der Waals surface area contributed by atoms with Crippen LogP contribution in [0.5, 0.6) is 0 Å². The molecule has 0 aromatic rings. The number of nitrogens with zero attached hydrogens (tertiary/aromatic N) is 3. The number of urea groups is 1. The van der Waals surface area contributed by atoms with E-state index in [9.17, 15) is 4.79 Å². The number of carbonyl (C=O) groups excluding carboxylic acids is 1. The molecule has 86 valence electrons. The third-order valence-electron chi connectivity index (χ3n) is 3.45. The van der Waals surface area contributed by atoms with Gasteiger partial charge in [0.1, 0.15) is 0 Å². The van der Waals surface area contributed by atoms with Crippen molar-refractivity contribution in [3.05, 3.63) is 0 Å². The number of piperidine rings is 1. The summed E-state index contributed by atoms with van der Waals surface area (Å²) in [5.74, 6) is 0. The number of hydrogen-bond donors (Lipinski definition) is 0. The van der Waals surface area contributed by atoms with E-state index in [4.69, 9.17) is 0 Å². The Kier molecular flexibility index (Phi) is 3.47. The lowest BCUT2D eigenvalue weighted by Gasteiger charge is -2.34. The van der Waals surface area contributed by atoms with Crippen LogP contribution in [0, 0.1) is 0 Å². The van der Waals surface area contributed by atoms with Crippen molar-refractivity contribution >= 4 is 15.4 Å². The first-order valence-electron chi connectivity index (χ1n) is 5.77. The summed E-state index contributed by atoms with van der Waals surface area (Å²) in [5.41, 5.74) is 0. The van der Waals surface area contributed by atoms with Crippen LogP contribution in [0.1, 0.15) is 19.8 Å². The van der Waals surface area contributed by atoms with Crippen LogP contribution >= 0.6 is 9.39 Å². The summed E-state index contributed by atoms with van der Waals surface area (Å²) in [4.78, 5) is 16.0. The van der Waals surface area contributed by atoms with Gasteiger partial charge in [0.05, 0.1) is 0 Å². The summed E-state index contributed by atoms with van der Waals surface area (Å²) >= 11 is 0. The number of rotatable bonds is 2. The molecule has 0 aliphatic carbocycles. The van der Waals surface area contributed by atoms with Crippen LogP contribution in [0.3, 0.4) is 0 Å². The molecule has 0 bridgehead atoms. The van der Waals surface area contributed by atoms with Gasteiger partial charge in [-0.1, -0.05) is 9.39 Å². The Morgan fingerprint density at radius 2 is 1.93 bits per heavy atom. The fraction of sp³-hybridized carbons (Fsp3) is 0.900. The van der Waals surface area contributed by atoms with Gasteiger partial charge < -0.3 is 9.80 Å². The summed E-state index contributed by atoms with van der Waals surface area (Å²) in [6.07, 6.45) is 2.24. The third-order valence-corrected chi connectivity index (χ3v) is 3.97. The van der Waals surface area contributed by atoms with Gasteiger partial charge in [-0.2, -0.15) is 0 Å². The van der Waals surface area contributed by atoms with Crippen LogP contribution in [0.25, 0.3) is 0 Å². The van der Waals surface area contributed by atoms with Crippen LogP contribution in [-0.2, 0) is 0 Å². The molecular formula is C10H20N3OP. The molecule has 15 heavy (non-hydrogen) atoms. The molecule has 2 saturated heterocycles. The lowest BCUT2D eigenvalue weighted by Crippen LogP contribution is -2.44. The summed E-state index contributed by atoms with van der Waals surface area (Å²) in [5, 5.41) is 0. The second-order valence-corrected chi connectivity index (χ2v) is 5.05. The van der Waals surface area contributed by atoms with Gasteiger partial charge in [-0.25, -0.2) is 4.79 Å². The van der Waals surface area contributed by atoms with Crippen LogP contribution < -0.4 is 0 Å². The van der Waals surface area contributed by atoms with Gasteiger partial charge >= 0.3 is 6.03 Å². The molecule has 0 spiro atoms. The SMILES string of the molecule is CCN1CCN(C2CCN(P)CC2)C1=O. The first-order chi connectivity index (χ1) is 7.22. The molecule has 2 rings (SSSR count). The van der Waals surface area contributed by atoms with Gasteiger partial charge in [-0.15, -0.1) is 0 Å². The highest BCUT2D eigenvalue weighted by Crippen LogP contribution is 2.22. The standard InChI is InChI=1S/C10H20N3OP/c1-2-11-7-8-13(10(11)14)9-3-5-12(15)6-4-9/h9H,2-8,15H2,1H3. The number of carbonyl (C=O) groups is 1. The van der Waals surface area contributed by atoms with Crippen molar-refractivity contribution in [2.75, 3.05) is 32.7 Å². The first-order valence-corrected chi connectivity index (χ1v) is 6.29. The van der Waals surface area contributed by atoms with Crippen molar-refractivity contribution in [1.82, 2.24) is 14.5 Å². The largest absolute Gasteiger partial charge is 0.323 e. The zero-order chi connectivity index (χ0) is 10.8. The van der Waals surface area contributed by atoms with Crippen molar-refractivity contribution in [3.63, 3.8) is 0 Å². The zero-order valence-electron chi connectivity index (χ0n) is 9.35. The van der Waals surface area contributed by atoms with E-state index in [0.717, 1.165) is 45.6 Å². The molecule has 2 fully saturated rings. The van der Waals surface area contributed by atoms with Crippen LogP contribution in [0.2, 0.25) is 0 Å². The van der Waals surface area contributed by atoms with E-state index in [1.54, 1.807) is 0 Å². The van der Waals surface area contributed by atoms with Crippen molar-refractivity contribution in [2.45, 2.75) is 25.8 Å². The Bertz CT molecular complexity index is 241. The monoisotopic (exact) mass is 229 g/mol. The van der Waals surface area contributed by atoms with Crippen LogP contribution in [0.4, 0.5) is 4.79 Å². The van der Waals surface area contributed by atoms with Gasteiger partial charge in [-0.3, -0.25) is 4.67 Å². The summed E-state index contributed by atoms with van der Waals surface area (Å²) in [7, 11) is 2.74. The Morgan fingerprint density at radius 1 is 1.27 bits per heavy atom. The highest BCUT2D eigenvalue weighted by Gasteiger charge is 2.33. The van der Waals surface area contributed by atoms with Crippen molar-refractivity contribution in [3.8, 4) is 0 Å². The molecule has 5 heteroatoms. The molecule has 0 radical (unpaired) electrons. The maximum atomic E-state index is 12.0. The van der Waals surface area contributed by atoms with Crippen molar-refractivity contribution in [2.24, 2.45) is 0 Å². The molecule has 2 heterocycles. The maximum Gasteiger partial charge on any atom is 0.320 e. The lowest BCUT2D eigenvalue weighted by atomic mass is 10.1. The van der Waals surface area contributed by atoms with Gasteiger partial charge in [0.25, 0.3) is 0 Å². The summed E-state index contributed by atoms with van der Waals surface area (Å²) < 4.78 is 2.26. The second kappa shape index (κ2) is 4.67. The third kappa shape index (κ3) is 2.26. The van der Waals surface area contributed by atoms with Gasteiger partial charge in [-0.05, 0) is 19.8 Å². The second-order valence-electron chi connectivity index (χ2n) is 4.32. The summed E-state index contributed by atoms with van der Waals surface area (Å²) in [6, 6.07) is 0.727. The molecule has 1 atom stereocenters. The van der Waals surface area contributed by atoms with E-state index < -0.39 is 0 Å². The quantitative estimate of drug-likeness (QED) is 0.660. The highest BCUT2D eigenvalue weighted by atomic mass is 31.0. The van der Waals surface area contributed by atoms with Crippen LogP contribution in [0.15, 0.2) is 0 Å². The van der Waals surface area contributed by atoms with E-state index in [2.05, 4.69) is 19.0 Å². The first kappa shape index (κ1) is 11.2. The Morgan fingerprint density at radius 3 is 2.47 bits per heavy atom. The Hall–Kier alpha value is -0.340. The molecule has 2 aliphatic heterocycles. The van der Waals surface area contributed by atoms with E-state index in [0.29, 0.717) is 6.04 Å². The van der Waals surface area contributed by atoms with Gasteiger partial charge in [0.15, 0.2) is 0 Å². The average molecular weight is 229 g/mol. The minimum absolute atomic E-state index is 0.250. The molecule has 4 nitrogen and oxygen atoms in total. The number of likely N-dealkylation sites (N-methyl/N-ethyl adjacent to an activating group) is 1. The smallest absolute Gasteiger partial charge is 0.320 e. The molecule has 2 amide bonds. The van der Waals surface area contributed by atoms with E-state index in [1.807, 2.05) is 11.8 Å². The number of hydrogen-bond acceptors (Lipinski definition) is 2. The number of amides is 2. The minimum Gasteiger partial charge on any atom is -0.323 e. The molecule has 0 aromatic carbocycles. The molecule has 1 unspecified atom stereocenters. The average Bonchev–Trinajstić information content (AvgIpc) is 2.61. The Balaban J connectivity index is 1.92. The van der Waals surface area contributed by atoms with Gasteiger partial charge in [0.2, 0.25) is 0 Å². The molecular weight excluding hydrogens is 209 g/mol. The van der Waals surface area contributed by atoms with Gasteiger partial charge in [0, 0.05) is 38.8 Å².